The Bertz CT molecular complexity index is 825. The minimum absolute atomic E-state index is 0.152. The molecule has 1 aromatic carbocycles. The number of anilines is 1. The molecular weight excluding hydrogens is 371 g/mol. The van der Waals surface area contributed by atoms with Gasteiger partial charge in [-0.1, -0.05) is 11.6 Å². The van der Waals surface area contributed by atoms with Crippen LogP contribution in [0.3, 0.4) is 0 Å². The number of phosphoric acid groups is 1. The molecule has 1 unspecified atom stereocenters. The summed E-state index contributed by atoms with van der Waals surface area (Å²) in [6.07, 6.45) is -1.34. The summed E-state index contributed by atoms with van der Waals surface area (Å²) in [7, 11) is -4.85. The summed E-state index contributed by atoms with van der Waals surface area (Å²) >= 11 is 5.69. The predicted molar refractivity (Wildman–Crippen MR) is 79.4 cm³/mol. The minimum atomic E-state index is -4.85. The molecule has 0 aliphatic rings. The molecule has 1 amide bonds. The van der Waals surface area contributed by atoms with E-state index in [1.165, 1.54) is 6.92 Å². The Labute approximate surface area is 139 Å². The molecule has 2 aromatic rings. The standard InChI is InChI=1S/C12H11ClF2N3O5P/c1-6(23-24(20,21)22)18-10(5-11(13)17-18)12(19)16-9-3-2-7(14)4-8(9)15/h2-6H,1H3,(H,16,19)(H2,20,21,22). The number of benzene rings is 1. The highest BCUT2D eigenvalue weighted by Crippen LogP contribution is 2.40. The molecular formula is C12H11ClF2N3O5P. The Morgan fingerprint density at radius 3 is 2.67 bits per heavy atom. The summed E-state index contributed by atoms with van der Waals surface area (Å²) in [5.41, 5.74) is -0.543. The molecule has 24 heavy (non-hydrogen) atoms. The Balaban J connectivity index is 2.28. The van der Waals surface area contributed by atoms with Crippen molar-refractivity contribution in [2.24, 2.45) is 0 Å². The molecule has 1 heterocycles. The summed E-state index contributed by atoms with van der Waals surface area (Å²) < 4.78 is 42.6. The quantitative estimate of drug-likeness (QED) is 0.686. The van der Waals surface area contributed by atoms with Crippen LogP contribution in [0.25, 0.3) is 0 Å². The third-order valence-corrected chi connectivity index (χ3v) is 3.52. The molecule has 1 atom stereocenters. The van der Waals surface area contributed by atoms with Gasteiger partial charge >= 0.3 is 7.82 Å². The first-order valence-electron chi connectivity index (χ1n) is 6.32. The van der Waals surface area contributed by atoms with Gasteiger partial charge in [0.25, 0.3) is 5.91 Å². The molecule has 0 bridgehead atoms. The highest BCUT2D eigenvalue weighted by atomic mass is 35.5. The van der Waals surface area contributed by atoms with Crippen molar-refractivity contribution in [2.45, 2.75) is 13.2 Å². The highest BCUT2D eigenvalue weighted by molar-refractivity contribution is 7.46. The fourth-order valence-electron chi connectivity index (χ4n) is 1.83. The van der Waals surface area contributed by atoms with E-state index in [0.29, 0.717) is 6.07 Å². The summed E-state index contributed by atoms with van der Waals surface area (Å²) in [5, 5.41) is 5.72. The highest BCUT2D eigenvalue weighted by Gasteiger charge is 2.25. The van der Waals surface area contributed by atoms with E-state index in [1.807, 2.05) is 0 Å². The lowest BCUT2D eigenvalue weighted by atomic mass is 10.3. The predicted octanol–water partition coefficient (Wildman–Crippen LogP) is 2.69. The van der Waals surface area contributed by atoms with E-state index in [-0.39, 0.29) is 16.5 Å². The lowest BCUT2D eigenvalue weighted by Gasteiger charge is -2.16. The average molecular weight is 382 g/mol. The van der Waals surface area contributed by atoms with Crippen molar-refractivity contribution in [1.29, 1.82) is 0 Å². The van der Waals surface area contributed by atoms with Crippen LogP contribution in [-0.4, -0.2) is 25.5 Å². The molecule has 8 nitrogen and oxygen atoms in total. The summed E-state index contributed by atoms with van der Waals surface area (Å²) in [6, 6.07) is 3.64. The van der Waals surface area contributed by atoms with E-state index in [0.717, 1.165) is 22.9 Å². The van der Waals surface area contributed by atoms with E-state index < -0.39 is 31.6 Å². The third-order valence-electron chi connectivity index (χ3n) is 2.75. The smallest absolute Gasteiger partial charge is 0.318 e. The molecule has 0 saturated heterocycles. The monoisotopic (exact) mass is 381 g/mol. The van der Waals surface area contributed by atoms with Gasteiger partial charge in [-0.25, -0.2) is 18.0 Å². The normalized spacial score (nSPS) is 12.9. The van der Waals surface area contributed by atoms with Crippen molar-refractivity contribution in [1.82, 2.24) is 9.78 Å². The number of nitrogens with one attached hydrogen (secondary N) is 1. The van der Waals surface area contributed by atoms with Gasteiger partial charge in [0.2, 0.25) is 0 Å². The van der Waals surface area contributed by atoms with Crippen LogP contribution in [0.5, 0.6) is 0 Å². The average Bonchev–Trinajstić information content (AvgIpc) is 2.82. The Morgan fingerprint density at radius 1 is 1.42 bits per heavy atom. The molecule has 2 rings (SSSR count). The molecule has 0 radical (unpaired) electrons. The Kier molecular flexibility index (Phi) is 5.36. The number of rotatable bonds is 5. The van der Waals surface area contributed by atoms with Gasteiger partial charge in [0, 0.05) is 12.1 Å². The van der Waals surface area contributed by atoms with Gasteiger partial charge in [-0.15, -0.1) is 0 Å². The first kappa shape index (κ1) is 18.5. The van der Waals surface area contributed by atoms with E-state index in [4.69, 9.17) is 21.4 Å². The van der Waals surface area contributed by atoms with Crippen molar-refractivity contribution in [2.75, 3.05) is 5.32 Å². The summed E-state index contributed by atoms with van der Waals surface area (Å²) in [4.78, 5) is 29.8. The molecule has 1 aromatic heterocycles. The molecule has 3 N–H and O–H groups in total. The fraction of sp³-hybridized carbons (Fsp3) is 0.167. The second-order valence-electron chi connectivity index (χ2n) is 4.57. The zero-order chi connectivity index (χ0) is 18.1. The van der Waals surface area contributed by atoms with Crippen LogP contribution in [0.15, 0.2) is 24.3 Å². The third kappa shape index (κ3) is 4.59. The fourth-order valence-corrected chi connectivity index (χ4v) is 2.50. The summed E-state index contributed by atoms with van der Waals surface area (Å²) in [5.74, 6) is -2.71. The van der Waals surface area contributed by atoms with Crippen LogP contribution < -0.4 is 5.32 Å². The largest absolute Gasteiger partial charge is 0.471 e. The number of hydrogen-bond donors (Lipinski definition) is 3. The maximum absolute atomic E-state index is 13.6. The van der Waals surface area contributed by atoms with E-state index in [2.05, 4.69) is 14.9 Å². The Hall–Kier alpha value is -1.84. The number of aromatic nitrogens is 2. The van der Waals surface area contributed by atoms with Gasteiger partial charge in [-0.3, -0.25) is 9.32 Å². The maximum atomic E-state index is 13.6. The minimum Gasteiger partial charge on any atom is -0.318 e. The van der Waals surface area contributed by atoms with Gasteiger partial charge in [0.05, 0.1) is 5.69 Å². The van der Waals surface area contributed by atoms with Crippen molar-refractivity contribution in [3.63, 3.8) is 0 Å². The van der Waals surface area contributed by atoms with Gasteiger partial charge < -0.3 is 15.1 Å². The number of halogens is 3. The lowest BCUT2D eigenvalue weighted by molar-refractivity contribution is 0.0804. The summed E-state index contributed by atoms with van der Waals surface area (Å²) in [6.45, 7) is 1.22. The van der Waals surface area contributed by atoms with Gasteiger partial charge in [-0.05, 0) is 19.1 Å². The van der Waals surface area contributed by atoms with Crippen LogP contribution in [-0.2, 0) is 9.09 Å². The first-order valence-corrected chi connectivity index (χ1v) is 8.23. The zero-order valence-corrected chi connectivity index (χ0v) is 13.6. The number of nitrogens with zero attached hydrogens (tertiary/aromatic N) is 2. The molecule has 0 spiro atoms. The van der Waals surface area contributed by atoms with Crippen LogP contribution in [0.2, 0.25) is 5.15 Å². The molecule has 0 aliphatic heterocycles. The van der Waals surface area contributed by atoms with Crippen molar-refractivity contribution < 1.29 is 32.5 Å². The van der Waals surface area contributed by atoms with Crippen LogP contribution in [0.1, 0.15) is 23.6 Å². The van der Waals surface area contributed by atoms with E-state index >= 15 is 0 Å². The number of phosphoric ester groups is 1. The van der Waals surface area contributed by atoms with Gasteiger partial charge in [0.1, 0.15) is 17.3 Å². The number of amides is 1. The van der Waals surface area contributed by atoms with Gasteiger partial charge in [0.15, 0.2) is 11.4 Å². The molecule has 12 heteroatoms. The Morgan fingerprint density at radius 2 is 2.08 bits per heavy atom. The van der Waals surface area contributed by atoms with Gasteiger partial charge in [-0.2, -0.15) is 5.10 Å². The van der Waals surface area contributed by atoms with Crippen LogP contribution in [0, 0.1) is 11.6 Å². The molecule has 0 fully saturated rings. The maximum Gasteiger partial charge on any atom is 0.471 e. The molecule has 130 valence electrons. The zero-order valence-electron chi connectivity index (χ0n) is 12.0. The van der Waals surface area contributed by atoms with Crippen molar-refractivity contribution in [3.8, 4) is 0 Å². The molecule has 0 aliphatic carbocycles. The number of hydrogen-bond acceptors (Lipinski definition) is 4. The lowest BCUT2D eigenvalue weighted by Crippen LogP contribution is -2.21. The van der Waals surface area contributed by atoms with E-state index in [9.17, 15) is 18.1 Å². The van der Waals surface area contributed by atoms with Crippen LogP contribution >= 0.6 is 19.4 Å². The van der Waals surface area contributed by atoms with Crippen LogP contribution in [0.4, 0.5) is 14.5 Å². The van der Waals surface area contributed by atoms with Crippen molar-refractivity contribution in [3.05, 3.63) is 46.7 Å². The van der Waals surface area contributed by atoms with E-state index in [1.54, 1.807) is 0 Å². The topological polar surface area (TPSA) is 114 Å². The van der Waals surface area contributed by atoms with Crippen molar-refractivity contribution >= 4 is 31.0 Å². The second-order valence-corrected chi connectivity index (χ2v) is 6.15. The molecule has 0 saturated carbocycles. The number of carbonyl (C=O) groups excluding carboxylic acids is 1. The second kappa shape index (κ2) is 6.96. The number of carbonyl (C=O) groups is 1. The first-order chi connectivity index (χ1) is 11.1. The SMILES string of the molecule is CC(OP(=O)(O)O)n1nc(Cl)cc1C(=O)Nc1ccc(F)cc1F.